The van der Waals surface area contributed by atoms with Crippen LogP contribution in [-0.2, 0) is 12.8 Å². The van der Waals surface area contributed by atoms with Crippen molar-refractivity contribution in [2.45, 2.75) is 64.2 Å². The van der Waals surface area contributed by atoms with Crippen molar-refractivity contribution >= 4 is 32.7 Å². The van der Waals surface area contributed by atoms with Crippen LogP contribution in [0.1, 0.15) is 66.7 Å². The average Bonchev–Trinajstić information content (AvgIpc) is 3.30. The van der Waals surface area contributed by atoms with Crippen LogP contribution in [0.15, 0.2) is 101 Å². The van der Waals surface area contributed by atoms with E-state index in [2.05, 4.69) is 116 Å². The fraction of sp³-hybridized carbons (Fsp3) is 0.273. The molecule has 0 amide bonds. The maximum Gasteiger partial charge on any atom is 0.143 e. The van der Waals surface area contributed by atoms with Crippen molar-refractivity contribution in [2.24, 2.45) is 11.8 Å². The third kappa shape index (κ3) is 4.30. The summed E-state index contributed by atoms with van der Waals surface area (Å²) in [5.41, 5.74) is 13.1. The maximum absolute atomic E-state index is 6.76. The first kappa shape index (κ1) is 26.8. The largest absolute Gasteiger partial charge is 0.455 e. The quantitative estimate of drug-likeness (QED) is 0.189. The molecular weight excluding hydrogens is 544 g/mol. The Morgan fingerprint density at radius 3 is 2.33 bits per heavy atom. The van der Waals surface area contributed by atoms with Gasteiger partial charge in [-0.15, -0.1) is 0 Å². The summed E-state index contributed by atoms with van der Waals surface area (Å²) >= 11 is 0. The van der Waals surface area contributed by atoms with E-state index in [1.165, 1.54) is 82.3 Å². The molecule has 3 aliphatic carbocycles. The lowest BCUT2D eigenvalue weighted by Gasteiger charge is -2.38. The Morgan fingerprint density at radius 1 is 0.711 bits per heavy atom. The van der Waals surface area contributed by atoms with Gasteiger partial charge in [0, 0.05) is 22.3 Å². The van der Waals surface area contributed by atoms with Gasteiger partial charge in [-0.05, 0) is 126 Å². The molecule has 6 aromatic rings. The van der Waals surface area contributed by atoms with E-state index in [1.54, 1.807) is 16.7 Å². The van der Waals surface area contributed by atoms with Crippen molar-refractivity contribution in [1.29, 1.82) is 0 Å². The van der Waals surface area contributed by atoms with Crippen LogP contribution in [0.4, 0.5) is 0 Å². The lowest BCUT2D eigenvalue weighted by atomic mass is 9.65. The second-order valence-corrected chi connectivity index (χ2v) is 13.6. The highest BCUT2D eigenvalue weighted by Gasteiger charge is 2.37. The summed E-state index contributed by atoms with van der Waals surface area (Å²) in [6, 6.07) is 31.5. The zero-order valence-electron chi connectivity index (χ0n) is 26.0. The van der Waals surface area contributed by atoms with Gasteiger partial charge in [0.1, 0.15) is 11.2 Å². The first-order valence-electron chi connectivity index (χ1n) is 17.0. The Kier molecular flexibility index (Phi) is 6.45. The van der Waals surface area contributed by atoms with Gasteiger partial charge in [-0.2, -0.15) is 0 Å². The number of rotatable bonds is 3. The first-order chi connectivity index (χ1) is 22.3. The van der Waals surface area contributed by atoms with Gasteiger partial charge in [0.15, 0.2) is 0 Å². The molecule has 0 aliphatic heterocycles. The van der Waals surface area contributed by atoms with E-state index < -0.39 is 0 Å². The van der Waals surface area contributed by atoms with E-state index in [4.69, 9.17) is 4.42 Å². The topological polar surface area (TPSA) is 13.1 Å². The van der Waals surface area contributed by atoms with Crippen LogP contribution in [0.5, 0.6) is 0 Å². The molecule has 220 valence electrons. The normalized spacial score (nSPS) is 20.9. The summed E-state index contributed by atoms with van der Waals surface area (Å²) < 4.78 is 6.76. The molecular formula is C44H38O. The van der Waals surface area contributed by atoms with Crippen molar-refractivity contribution < 1.29 is 4.42 Å². The lowest BCUT2D eigenvalue weighted by Crippen LogP contribution is -2.27. The molecule has 1 fully saturated rings. The van der Waals surface area contributed by atoms with Crippen molar-refractivity contribution in [3.05, 3.63) is 119 Å². The number of hydrogen-bond acceptors (Lipinski definition) is 1. The molecule has 5 aromatic carbocycles. The van der Waals surface area contributed by atoms with Crippen LogP contribution < -0.4 is 0 Å². The minimum Gasteiger partial charge on any atom is -0.455 e. The summed E-state index contributed by atoms with van der Waals surface area (Å²) in [5.74, 6) is 8.80. The van der Waals surface area contributed by atoms with Crippen molar-refractivity contribution in [1.82, 2.24) is 0 Å². The van der Waals surface area contributed by atoms with Crippen molar-refractivity contribution in [3.63, 3.8) is 0 Å². The van der Waals surface area contributed by atoms with Crippen LogP contribution in [-0.4, -0.2) is 0 Å². The number of aryl methyl sites for hydroxylation is 1. The molecule has 0 N–H and O–H groups in total. The number of hydrogen-bond donors (Lipinski definition) is 0. The van der Waals surface area contributed by atoms with Gasteiger partial charge in [-0.3, -0.25) is 0 Å². The van der Waals surface area contributed by atoms with Crippen LogP contribution in [0, 0.1) is 30.6 Å². The van der Waals surface area contributed by atoms with Gasteiger partial charge < -0.3 is 4.42 Å². The zero-order valence-corrected chi connectivity index (χ0v) is 26.0. The number of allylic oxidation sites excluding steroid dienone is 2. The third-order valence-corrected chi connectivity index (χ3v) is 11.0. The van der Waals surface area contributed by atoms with E-state index >= 15 is 0 Å². The molecule has 1 aromatic heterocycles. The number of benzene rings is 5. The molecule has 1 saturated carbocycles. The molecule has 0 spiro atoms. The van der Waals surface area contributed by atoms with Crippen molar-refractivity contribution in [3.8, 4) is 34.1 Å². The Hall–Kier alpha value is -4.54. The van der Waals surface area contributed by atoms with Crippen LogP contribution >= 0.6 is 0 Å². The van der Waals surface area contributed by atoms with Gasteiger partial charge >= 0.3 is 0 Å². The molecule has 0 bridgehead atoms. The predicted octanol–water partition coefficient (Wildman–Crippen LogP) is 11.7. The molecule has 3 aliphatic rings. The second kappa shape index (κ2) is 10.8. The first-order valence-corrected chi connectivity index (χ1v) is 17.0. The Morgan fingerprint density at radius 2 is 1.47 bits per heavy atom. The van der Waals surface area contributed by atoms with E-state index in [9.17, 15) is 0 Å². The van der Waals surface area contributed by atoms with Gasteiger partial charge in [-0.25, -0.2) is 0 Å². The lowest BCUT2D eigenvalue weighted by molar-refractivity contribution is 0.259. The highest BCUT2D eigenvalue weighted by molar-refractivity contribution is 6.19. The zero-order chi connectivity index (χ0) is 29.9. The highest BCUT2D eigenvalue weighted by atomic mass is 16.3. The number of fused-ring (bicyclic) bond motifs is 6. The molecule has 2 unspecified atom stereocenters. The van der Waals surface area contributed by atoms with E-state index in [1.807, 2.05) is 0 Å². The average molecular weight is 583 g/mol. The molecule has 0 radical (unpaired) electrons. The summed E-state index contributed by atoms with van der Waals surface area (Å²) in [4.78, 5) is 0. The molecule has 1 nitrogen and oxygen atoms in total. The number of para-hydroxylation sites is 1. The molecule has 3 atom stereocenters. The van der Waals surface area contributed by atoms with Crippen molar-refractivity contribution in [2.75, 3.05) is 0 Å². The molecule has 1 heteroatoms. The fourth-order valence-corrected chi connectivity index (χ4v) is 9.01. The minimum atomic E-state index is 0.437. The Bertz CT molecular complexity index is 2200. The molecule has 0 saturated heterocycles. The third-order valence-electron chi connectivity index (χ3n) is 11.0. The Balaban J connectivity index is 1.35. The smallest absolute Gasteiger partial charge is 0.143 e. The maximum atomic E-state index is 6.76. The predicted molar refractivity (Wildman–Crippen MR) is 189 cm³/mol. The standard InChI is InChI=1S/C44H38O/c1-28-22-24-30(25-23-28)32-26-27-39(43-38-19-9-10-21-40(38)45-44(32)43)42-36-17-7-5-15-34(36)41(35-16-6-8-18-37(35)42)33-20-11-13-29-12-3-2-4-14-31(29)33/h2-3,5,7,9-10,15,17,19,21-27,29,31,33H,6,8,11-13,16,18,20H2,1H3/t29?,31?,33-/m0/s1. The van der Waals surface area contributed by atoms with Gasteiger partial charge in [0.2, 0.25) is 0 Å². The molecule has 1 heterocycles. The van der Waals surface area contributed by atoms with Gasteiger partial charge in [0.25, 0.3) is 0 Å². The number of furan rings is 1. The summed E-state index contributed by atoms with van der Waals surface area (Å²) in [7, 11) is 0. The summed E-state index contributed by atoms with van der Waals surface area (Å²) in [6.45, 7) is 2.15. The summed E-state index contributed by atoms with van der Waals surface area (Å²) in [6.07, 6.45) is 14.2. The van der Waals surface area contributed by atoms with Crippen LogP contribution in [0.2, 0.25) is 0 Å². The Labute approximate surface area is 266 Å². The van der Waals surface area contributed by atoms with Gasteiger partial charge in [0.05, 0.1) is 0 Å². The van der Waals surface area contributed by atoms with E-state index in [-0.39, 0.29) is 0 Å². The summed E-state index contributed by atoms with van der Waals surface area (Å²) in [5, 5.41) is 5.28. The monoisotopic (exact) mass is 582 g/mol. The van der Waals surface area contributed by atoms with Crippen LogP contribution in [0.25, 0.3) is 55.0 Å². The van der Waals surface area contributed by atoms with Crippen LogP contribution in [0.3, 0.4) is 0 Å². The fourth-order valence-electron chi connectivity index (χ4n) is 9.01. The second-order valence-electron chi connectivity index (χ2n) is 13.6. The minimum absolute atomic E-state index is 0.437. The SMILES string of the molecule is Cc1ccc(-c2ccc(-c3c4c(c([C@H]5CCCC6CC=CC#CC65)c5ccccc35)CCCC4)c3c2oc2ccccc23)cc1. The molecule has 45 heavy (non-hydrogen) atoms. The highest BCUT2D eigenvalue weighted by Crippen LogP contribution is 2.52. The van der Waals surface area contributed by atoms with Gasteiger partial charge in [-0.1, -0.05) is 103 Å². The molecule has 9 rings (SSSR count). The van der Waals surface area contributed by atoms with E-state index in [0.29, 0.717) is 17.8 Å². The van der Waals surface area contributed by atoms with E-state index in [0.717, 1.165) is 29.6 Å².